The largest absolute Gasteiger partial charge is 0.504 e. The lowest BCUT2D eigenvalue weighted by atomic mass is 9.66. The quantitative estimate of drug-likeness (QED) is 0.616. The first-order valence-electron chi connectivity index (χ1n) is 8.05. The molecule has 0 fully saturated rings. The number of aliphatic hydroxyl groups excluding tert-OH is 1. The van der Waals surface area contributed by atoms with Crippen LogP contribution in [0.25, 0.3) is 0 Å². The number of rotatable bonds is 5. The van der Waals surface area contributed by atoms with Crippen LogP contribution in [-0.4, -0.2) is 23.5 Å². The molecule has 0 saturated heterocycles. The number of ether oxygens (including phenoxy) is 1. The van der Waals surface area contributed by atoms with Gasteiger partial charge in [0.25, 0.3) is 0 Å². The van der Waals surface area contributed by atoms with E-state index in [1.807, 2.05) is 6.08 Å². The highest BCUT2D eigenvalue weighted by molar-refractivity contribution is 6.06. The topological polar surface area (TPSA) is 63.6 Å². The molecule has 2 aliphatic rings. The van der Waals surface area contributed by atoms with E-state index in [1.165, 1.54) is 11.6 Å². The van der Waals surface area contributed by atoms with Crippen LogP contribution in [-0.2, 0) is 14.3 Å². The molecule has 124 valence electrons. The third-order valence-electron chi connectivity index (χ3n) is 4.34. The van der Waals surface area contributed by atoms with E-state index in [2.05, 4.69) is 19.9 Å². The maximum atomic E-state index is 12.6. The van der Waals surface area contributed by atoms with Gasteiger partial charge in [-0.2, -0.15) is 0 Å². The summed E-state index contributed by atoms with van der Waals surface area (Å²) < 4.78 is 5.23. The zero-order valence-electron chi connectivity index (χ0n) is 14.0. The Morgan fingerprint density at radius 2 is 2.17 bits per heavy atom. The zero-order chi connectivity index (χ0) is 17.0. The minimum atomic E-state index is -1.02. The molecule has 4 nitrogen and oxygen atoms in total. The van der Waals surface area contributed by atoms with Gasteiger partial charge in [0.1, 0.15) is 5.41 Å². The van der Waals surface area contributed by atoms with Gasteiger partial charge in [-0.3, -0.25) is 9.59 Å². The number of esters is 1. The Morgan fingerprint density at radius 3 is 2.83 bits per heavy atom. The van der Waals surface area contributed by atoms with Crippen molar-refractivity contribution in [2.45, 2.75) is 46.5 Å². The number of ketones is 1. The summed E-state index contributed by atoms with van der Waals surface area (Å²) in [4.78, 5) is 24.3. The molecule has 2 rings (SSSR count). The minimum Gasteiger partial charge on any atom is -0.504 e. The average Bonchev–Trinajstić information content (AvgIpc) is 2.51. The average molecular weight is 316 g/mol. The summed E-state index contributed by atoms with van der Waals surface area (Å²) >= 11 is 0. The van der Waals surface area contributed by atoms with Crippen LogP contribution in [0.2, 0.25) is 0 Å². The second kappa shape index (κ2) is 6.99. The third-order valence-corrected chi connectivity index (χ3v) is 4.34. The Morgan fingerprint density at radius 1 is 1.43 bits per heavy atom. The number of fused-ring (bicyclic) bond motifs is 1. The van der Waals surface area contributed by atoms with E-state index in [1.54, 1.807) is 13.0 Å². The van der Waals surface area contributed by atoms with Gasteiger partial charge in [-0.25, -0.2) is 0 Å². The minimum absolute atomic E-state index is 0.271. The van der Waals surface area contributed by atoms with Crippen molar-refractivity contribution in [2.75, 3.05) is 6.61 Å². The van der Waals surface area contributed by atoms with E-state index >= 15 is 0 Å². The Labute approximate surface area is 137 Å². The van der Waals surface area contributed by atoms with E-state index in [4.69, 9.17) is 4.74 Å². The van der Waals surface area contributed by atoms with Crippen molar-refractivity contribution in [2.24, 2.45) is 5.41 Å². The molecule has 0 aromatic rings. The molecule has 0 unspecified atom stereocenters. The molecule has 0 bridgehead atoms. The second-order valence-corrected chi connectivity index (χ2v) is 6.28. The smallest absolute Gasteiger partial charge is 0.320 e. The monoisotopic (exact) mass is 316 g/mol. The van der Waals surface area contributed by atoms with Crippen molar-refractivity contribution in [3.8, 4) is 0 Å². The Kier molecular flexibility index (Phi) is 5.24. The van der Waals surface area contributed by atoms with Gasteiger partial charge in [-0.15, -0.1) is 0 Å². The predicted molar refractivity (Wildman–Crippen MR) is 88.8 cm³/mol. The molecular weight excluding hydrogens is 292 g/mol. The molecule has 4 heteroatoms. The molecule has 1 N–H and O–H groups in total. The summed E-state index contributed by atoms with van der Waals surface area (Å²) in [6, 6.07) is 0. The van der Waals surface area contributed by atoms with Crippen LogP contribution < -0.4 is 0 Å². The van der Waals surface area contributed by atoms with Crippen molar-refractivity contribution in [3.05, 3.63) is 46.8 Å². The lowest BCUT2D eigenvalue weighted by Gasteiger charge is -2.37. The molecule has 0 amide bonds. The van der Waals surface area contributed by atoms with Crippen molar-refractivity contribution < 1.29 is 19.4 Å². The van der Waals surface area contributed by atoms with Crippen LogP contribution in [0.5, 0.6) is 0 Å². The third kappa shape index (κ3) is 3.46. The van der Waals surface area contributed by atoms with Gasteiger partial charge in [0.2, 0.25) is 5.78 Å². The molecule has 0 aliphatic heterocycles. The van der Waals surface area contributed by atoms with Crippen molar-refractivity contribution in [1.29, 1.82) is 0 Å². The summed E-state index contributed by atoms with van der Waals surface area (Å²) in [5, 5.41) is 10.1. The number of carbonyl (C=O) groups excluding carboxylic acids is 2. The molecule has 1 atom stereocenters. The van der Waals surface area contributed by atoms with Crippen molar-refractivity contribution in [1.82, 2.24) is 0 Å². The summed E-state index contributed by atoms with van der Waals surface area (Å²) in [6.45, 7) is 6.14. The highest BCUT2D eigenvalue weighted by Crippen LogP contribution is 2.47. The first-order valence-corrected chi connectivity index (χ1v) is 8.05. The van der Waals surface area contributed by atoms with E-state index < -0.39 is 17.2 Å². The van der Waals surface area contributed by atoms with Gasteiger partial charge < -0.3 is 9.84 Å². The van der Waals surface area contributed by atoms with Crippen LogP contribution in [0, 0.1) is 5.41 Å². The normalized spacial score (nSPS) is 23.3. The number of allylic oxidation sites excluding steroid dienone is 5. The predicted octanol–water partition coefficient (Wildman–Crippen LogP) is 3.95. The molecule has 0 heterocycles. The number of hydrogen-bond acceptors (Lipinski definition) is 4. The van der Waals surface area contributed by atoms with Crippen molar-refractivity contribution in [3.63, 3.8) is 0 Å². The van der Waals surface area contributed by atoms with Crippen molar-refractivity contribution >= 4 is 11.8 Å². The summed E-state index contributed by atoms with van der Waals surface area (Å²) in [7, 11) is 0. The summed E-state index contributed by atoms with van der Waals surface area (Å²) in [5.74, 6) is -1.14. The number of hydrogen-bond donors (Lipinski definition) is 1. The van der Waals surface area contributed by atoms with E-state index in [-0.39, 0.29) is 12.4 Å². The van der Waals surface area contributed by atoms with Crippen LogP contribution in [0.4, 0.5) is 0 Å². The summed E-state index contributed by atoms with van der Waals surface area (Å²) in [5.41, 5.74) is 1.87. The first kappa shape index (κ1) is 17.3. The number of carbonyl (C=O) groups is 2. The molecular formula is C19H24O4. The SMILES string of the molecule is CCOC(=O)[C@@]12C=CC(=O)C(O)=C1CC=C(CCC=C(C)C)C2. The van der Waals surface area contributed by atoms with Gasteiger partial charge in [0, 0.05) is 5.57 Å². The molecule has 23 heavy (non-hydrogen) atoms. The van der Waals surface area contributed by atoms with Gasteiger partial charge in [-0.05, 0) is 52.5 Å². The fraction of sp³-hybridized carbons (Fsp3) is 0.474. The molecule has 0 aromatic carbocycles. The van der Waals surface area contributed by atoms with E-state index in [9.17, 15) is 14.7 Å². The highest BCUT2D eigenvalue weighted by atomic mass is 16.5. The van der Waals surface area contributed by atoms with E-state index in [0.29, 0.717) is 18.4 Å². The molecule has 0 saturated carbocycles. The number of aliphatic hydroxyl groups is 1. The highest BCUT2D eigenvalue weighted by Gasteiger charge is 2.47. The van der Waals surface area contributed by atoms with Gasteiger partial charge in [0.05, 0.1) is 6.61 Å². The molecule has 0 aromatic heterocycles. The molecule has 2 aliphatic carbocycles. The second-order valence-electron chi connectivity index (χ2n) is 6.28. The fourth-order valence-electron chi connectivity index (χ4n) is 3.14. The van der Waals surface area contributed by atoms with Gasteiger partial charge in [0.15, 0.2) is 5.76 Å². The fourth-order valence-corrected chi connectivity index (χ4v) is 3.14. The maximum absolute atomic E-state index is 12.6. The van der Waals surface area contributed by atoms with Crippen LogP contribution >= 0.6 is 0 Å². The van der Waals surface area contributed by atoms with Gasteiger partial charge in [-0.1, -0.05) is 29.4 Å². The van der Waals surface area contributed by atoms with E-state index in [0.717, 1.165) is 18.4 Å². The Hall–Kier alpha value is -2.10. The molecule has 0 radical (unpaired) electrons. The molecule has 0 spiro atoms. The maximum Gasteiger partial charge on any atom is 0.320 e. The Balaban J connectivity index is 2.32. The van der Waals surface area contributed by atoms with Crippen LogP contribution in [0.1, 0.15) is 46.5 Å². The summed E-state index contributed by atoms with van der Waals surface area (Å²) in [6.07, 6.45) is 9.74. The lowest BCUT2D eigenvalue weighted by molar-refractivity contribution is -0.150. The lowest BCUT2D eigenvalue weighted by Crippen LogP contribution is -2.39. The Bertz CT molecular complexity index is 630. The van der Waals surface area contributed by atoms with Gasteiger partial charge >= 0.3 is 5.97 Å². The van der Waals surface area contributed by atoms with Crippen LogP contribution in [0.3, 0.4) is 0 Å². The standard InChI is InChI=1S/C19H24O4/c1-4-23-18(22)19-11-10-16(20)17(21)15(19)9-8-14(12-19)7-5-6-13(2)3/h6,8,10-11,21H,4-5,7,9,12H2,1-3H3/t19-/m1/s1. The zero-order valence-corrected chi connectivity index (χ0v) is 14.0. The van der Waals surface area contributed by atoms with Crippen LogP contribution in [0.15, 0.2) is 46.8 Å². The first-order chi connectivity index (χ1) is 10.9.